The molecule has 0 bridgehead atoms. The number of hydroxylamine groups is 1. The summed E-state index contributed by atoms with van der Waals surface area (Å²) in [6, 6.07) is 6.61. The molecule has 7 rings (SSSR count). The van der Waals surface area contributed by atoms with Crippen molar-refractivity contribution < 1.29 is 19.3 Å². The van der Waals surface area contributed by atoms with E-state index in [2.05, 4.69) is 60.0 Å². The van der Waals surface area contributed by atoms with Gasteiger partial charge in [0.25, 0.3) is 0 Å². The van der Waals surface area contributed by atoms with Gasteiger partial charge in [0.2, 0.25) is 0 Å². The van der Waals surface area contributed by atoms with E-state index >= 15 is 0 Å². The van der Waals surface area contributed by atoms with E-state index in [0.717, 1.165) is 73.7 Å². The zero-order valence-electron chi connectivity index (χ0n) is 23.9. The Balaban J connectivity index is 1.28. The number of hydrogen-bond donors (Lipinski definition) is 1. The van der Waals surface area contributed by atoms with Crippen LogP contribution in [-0.2, 0) is 9.47 Å². The molecule has 39 heavy (non-hydrogen) atoms. The third-order valence-corrected chi connectivity index (χ3v) is 12.8. The maximum Gasteiger partial charge on any atom is 0.178 e. The second kappa shape index (κ2) is 8.80. The first kappa shape index (κ1) is 26.5. The molecule has 212 valence electrons. The minimum absolute atomic E-state index is 0.0292. The molecule has 1 aromatic carbocycles. The molecule has 4 fully saturated rings. The van der Waals surface area contributed by atoms with Gasteiger partial charge in [-0.25, -0.2) is 4.74 Å². The molecule has 2 unspecified atom stereocenters. The van der Waals surface area contributed by atoms with Crippen molar-refractivity contribution in [3.8, 4) is 0 Å². The first-order valence-corrected chi connectivity index (χ1v) is 15.8. The van der Waals surface area contributed by atoms with Gasteiger partial charge in [-0.1, -0.05) is 18.6 Å². The summed E-state index contributed by atoms with van der Waals surface area (Å²) in [5.41, 5.74) is 5.06. The zero-order valence-corrected chi connectivity index (χ0v) is 25.5. The predicted molar refractivity (Wildman–Crippen MR) is 156 cm³/mol. The van der Waals surface area contributed by atoms with Crippen LogP contribution in [-0.4, -0.2) is 59.8 Å². The number of anilines is 1. The lowest BCUT2D eigenvalue weighted by atomic mass is 9.51. The Morgan fingerprint density at radius 1 is 1.08 bits per heavy atom. The monoisotopic (exact) mass is 598 g/mol. The van der Waals surface area contributed by atoms with Gasteiger partial charge in [0.1, 0.15) is 0 Å². The molecule has 1 N–H and O–H groups in total. The van der Waals surface area contributed by atoms with Crippen molar-refractivity contribution in [2.75, 3.05) is 32.2 Å². The standard InChI is InChI=1S/C32H43BrN2O4/c1-20-7-13-31(35(20)37)14-10-24-22-9-12-30(36)19-32(38-15-16-39-32)25(18-26(30)23(22)8-11-29(24,31)2)21-5-6-28(34(3)4)27(33)17-21/h5-6,17,22,24-25,36H,7-16,18-19H2,1-4H3/t22-,24+,25?,29+,30-,31?/m1/s1. The summed E-state index contributed by atoms with van der Waals surface area (Å²) in [7, 11) is 4.11. The zero-order chi connectivity index (χ0) is 27.4. The molecule has 1 aromatic rings. The van der Waals surface area contributed by atoms with Crippen LogP contribution in [0.25, 0.3) is 0 Å². The highest BCUT2D eigenvalue weighted by Gasteiger charge is 2.69. The predicted octanol–water partition coefficient (Wildman–Crippen LogP) is 6.29. The van der Waals surface area contributed by atoms with E-state index in [0.29, 0.717) is 31.5 Å². The Morgan fingerprint density at radius 2 is 1.85 bits per heavy atom. The SMILES string of the molecule is CC1=[N+]([O-])C2(CC1)CC[C@H]1[C@@H]3CC[C@@]4(O)CC5(OCCO5)C(c5ccc(N(C)C)c(Br)c5)CC4=C3CC[C@@]12C. The molecule has 7 heteroatoms. The maximum atomic E-state index is 13.5. The van der Waals surface area contributed by atoms with E-state index in [4.69, 9.17) is 9.47 Å². The van der Waals surface area contributed by atoms with Gasteiger partial charge in [0.15, 0.2) is 17.0 Å². The summed E-state index contributed by atoms with van der Waals surface area (Å²) >= 11 is 3.81. The van der Waals surface area contributed by atoms with Gasteiger partial charge in [-0.2, -0.15) is 0 Å². The lowest BCUT2D eigenvalue weighted by molar-refractivity contribution is -0.563. The summed E-state index contributed by atoms with van der Waals surface area (Å²) in [6.45, 7) is 5.61. The van der Waals surface area contributed by atoms with Crippen molar-refractivity contribution in [3.05, 3.63) is 44.6 Å². The van der Waals surface area contributed by atoms with Gasteiger partial charge < -0.3 is 24.7 Å². The fourth-order valence-corrected chi connectivity index (χ4v) is 10.9. The van der Waals surface area contributed by atoms with E-state index in [1.54, 1.807) is 0 Å². The molecule has 6 nitrogen and oxygen atoms in total. The Kier molecular flexibility index (Phi) is 5.97. The van der Waals surface area contributed by atoms with Crippen molar-refractivity contribution in [2.45, 2.75) is 101 Å². The molecule has 0 aromatic heterocycles. The third kappa shape index (κ3) is 3.52. The number of aliphatic hydroxyl groups is 1. The maximum absolute atomic E-state index is 13.5. The number of rotatable bonds is 2. The highest BCUT2D eigenvalue weighted by Crippen LogP contribution is 2.68. The quantitative estimate of drug-likeness (QED) is 0.246. The van der Waals surface area contributed by atoms with Crippen molar-refractivity contribution in [2.24, 2.45) is 17.3 Å². The van der Waals surface area contributed by atoms with Gasteiger partial charge in [-0.05, 0) is 89.6 Å². The van der Waals surface area contributed by atoms with Crippen molar-refractivity contribution >= 4 is 27.3 Å². The van der Waals surface area contributed by atoms with Crippen LogP contribution in [0.5, 0.6) is 0 Å². The van der Waals surface area contributed by atoms with Gasteiger partial charge in [0, 0.05) is 62.5 Å². The summed E-state index contributed by atoms with van der Waals surface area (Å²) in [5, 5.41) is 25.7. The molecular formula is C32H43BrN2O4. The van der Waals surface area contributed by atoms with E-state index in [9.17, 15) is 10.3 Å². The second-order valence-electron chi connectivity index (χ2n) is 13.9. The highest BCUT2D eigenvalue weighted by molar-refractivity contribution is 9.10. The van der Waals surface area contributed by atoms with E-state index in [1.165, 1.54) is 21.4 Å². The number of hydrogen-bond acceptors (Lipinski definition) is 5. The fraction of sp³-hybridized carbons (Fsp3) is 0.719. The summed E-state index contributed by atoms with van der Waals surface area (Å²) in [5.74, 6) is 0.227. The molecule has 0 amide bonds. The number of fused-ring (bicyclic) bond motifs is 5. The normalized spacial score (nSPS) is 40.8. The molecule has 2 spiro atoms. The Hall–Kier alpha value is -1.41. The summed E-state index contributed by atoms with van der Waals surface area (Å²) in [6.07, 6.45) is 9.15. The smallest absolute Gasteiger partial charge is 0.178 e. The lowest BCUT2D eigenvalue weighted by Crippen LogP contribution is -2.57. The number of halogens is 1. The van der Waals surface area contributed by atoms with Crippen LogP contribution < -0.4 is 4.90 Å². The van der Waals surface area contributed by atoms with E-state index in [1.807, 2.05) is 6.92 Å². The molecule has 2 heterocycles. The second-order valence-corrected chi connectivity index (χ2v) is 14.7. The fourth-order valence-electron chi connectivity index (χ4n) is 10.2. The molecular weight excluding hydrogens is 556 g/mol. The Morgan fingerprint density at radius 3 is 2.51 bits per heavy atom. The average molecular weight is 600 g/mol. The molecule has 1 saturated heterocycles. The molecule has 2 aliphatic heterocycles. The van der Waals surface area contributed by atoms with E-state index < -0.39 is 11.4 Å². The molecule has 0 radical (unpaired) electrons. The van der Waals surface area contributed by atoms with Crippen LogP contribution in [0.3, 0.4) is 0 Å². The van der Waals surface area contributed by atoms with Crippen molar-refractivity contribution in [1.82, 2.24) is 0 Å². The van der Waals surface area contributed by atoms with E-state index in [-0.39, 0.29) is 16.9 Å². The topological polar surface area (TPSA) is 68.0 Å². The molecule has 3 saturated carbocycles. The van der Waals surface area contributed by atoms with Gasteiger partial charge in [0.05, 0.1) is 24.5 Å². The number of allylic oxidation sites excluding steroid dienone is 1. The van der Waals surface area contributed by atoms with Crippen LogP contribution in [0, 0.1) is 22.5 Å². The van der Waals surface area contributed by atoms with Crippen LogP contribution in [0.2, 0.25) is 0 Å². The van der Waals surface area contributed by atoms with Crippen molar-refractivity contribution in [1.29, 1.82) is 0 Å². The van der Waals surface area contributed by atoms with Crippen LogP contribution in [0.4, 0.5) is 5.69 Å². The number of benzene rings is 1. The molecule has 4 aliphatic carbocycles. The largest absolute Gasteiger partial charge is 0.623 e. The molecule has 6 atom stereocenters. The molecule has 6 aliphatic rings. The van der Waals surface area contributed by atoms with Crippen molar-refractivity contribution in [3.63, 3.8) is 0 Å². The first-order chi connectivity index (χ1) is 18.5. The minimum Gasteiger partial charge on any atom is -0.623 e. The summed E-state index contributed by atoms with van der Waals surface area (Å²) in [4.78, 5) is 2.11. The number of nitrogens with zero attached hydrogens (tertiary/aromatic N) is 2. The van der Waals surface area contributed by atoms with Gasteiger partial charge >= 0.3 is 0 Å². The third-order valence-electron chi connectivity index (χ3n) is 12.2. The minimum atomic E-state index is -0.875. The first-order valence-electron chi connectivity index (χ1n) is 15.0. The van der Waals surface area contributed by atoms with Gasteiger partial charge in [-0.15, -0.1) is 0 Å². The average Bonchev–Trinajstić information content (AvgIpc) is 3.56. The Bertz CT molecular complexity index is 1270. The van der Waals surface area contributed by atoms with Crippen LogP contribution >= 0.6 is 15.9 Å². The summed E-state index contributed by atoms with van der Waals surface area (Å²) < 4.78 is 15.3. The number of ether oxygens (including phenoxy) is 2. The van der Waals surface area contributed by atoms with Crippen LogP contribution in [0.15, 0.2) is 33.8 Å². The lowest BCUT2D eigenvalue weighted by Gasteiger charge is -2.56. The van der Waals surface area contributed by atoms with Gasteiger partial charge in [-0.3, -0.25) is 0 Å². The highest BCUT2D eigenvalue weighted by atomic mass is 79.9. The Labute approximate surface area is 241 Å². The van der Waals surface area contributed by atoms with Crippen LogP contribution in [0.1, 0.15) is 89.5 Å².